The van der Waals surface area contributed by atoms with Crippen molar-refractivity contribution in [2.45, 2.75) is 13.3 Å². The number of rotatable bonds is 5. The highest BCUT2D eigenvalue weighted by atomic mass is 79.9. The van der Waals surface area contributed by atoms with Crippen molar-refractivity contribution >= 4 is 50.5 Å². The molecule has 0 amide bonds. The third kappa shape index (κ3) is 4.76. The second-order valence-electron chi connectivity index (χ2n) is 8.05. The molecule has 5 aromatic rings. The maximum Gasteiger partial charge on any atom is 0.227 e. The number of aliphatic imine (C=N–C) groups is 1. The van der Waals surface area contributed by atoms with Gasteiger partial charge in [0.1, 0.15) is 11.3 Å². The number of fused-ring (bicyclic) bond motifs is 1. The summed E-state index contributed by atoms with van der Waals surface area (Å²) in [5.41, 5.74) is 6.88. The van der Waals surface area contributed by atoms with Crippen LogP contribution in [0.1, 0.15) is 22.3 Å². The van der Waals surface area contributed by atoms with Crippen LogP contribution in [0.15, 0.2) is 92.7 Å². The molecule has 1 heterocycles. The third-order valence-corrected chi connectivity index (χ3v) is 6.81. The van der Waals surface area contributed by atoms with Gasteiger partial charge in [0.2, 0.25) is 5.89 Å². The van der Waals surface area contributed by atoms with Crippen molar-refractivity contribution in [1.82, 2.24) is 4.98 Å². The van der Waals surface area contributed by atoms with E-state index in [1.165, 1.54) is 0 Å². The summed E-state index contributed by atoms with van der Waals surface area (Å²) in [5, 5.41) is 11.1. The van der Waals surface area contributed by atoms with Crippen LogP contribution >= 0.6 is 27.5 Å². The summed E-state index contributed by atoms with van der Waals surface area (Å²) in [4.78, 5) is 9.19. The monoisotopic (exact) mass is 530 g/mol. The number of phenolic OH excluding ortho intramolecular Hbond substituents is 1. The van der Waals surface area contributed by atoms with E-state index in [2.05, 4.69) is 25.9 Å². The zero-order chi connectivity index (χ0) is 23.7. The van der Waals surface area contributed by atoms with Crippen molar-refractivity contribution in [3.05, 3.63) is 111 Å². The Kier molecular flexibility index (Phi) is 6.22. The molecule has 6 heteroatoms. The summed E-state index contributed by atoms with van der Waals surface area (Å²) in [6, 6.07) is 24.8. The highest BCUT2D eigenvalue weighted by Gasteiger charge is 2.10. The predicted molar refractivity (Wildman–Crippen MR) is 142 cm³/mol. The zero-order valence-electron chi connectivity index (χ0n) is 18.3. The van der Waals surface area contributed by atoms with Crippen molar-refractivity contribution in [1.29, 1.82) is 0 Å². The molecule has 34 heavy (non-hydrogen) atoms. The van der Waals surface area contributed by atoms with Crippen LogP contribution in [0.2, 0.25) is 5.02 Å². The molecule has 4 aromatic carbocycles. The molecule has 0 atom stereocenters. The largest absolute Gasteiger partial charge is 0.507 e. The SMILES string of the molecule is Cc1ccc(-c2nc3cc(N=Cc4cc(Cc5ccccc5Cl)ccc4O)ccc3o2)cc1Br. The molecule has 0 radical (unpaired) electrons. The normalized spacial score (nSPS) is 11.5. The van der Waals surface area contributed by atoms with E-state index in [0.29, 0.717) is 29.1 Å². The molecule has 0 aliphatic rings. The minimum atomic E-state index is 0.168. The average Bonchev–Trinajstić information content (AvgIpc) is 3.26. The molecule has 0 fully saturated rings. The fourth-order valence-electron chi connectivity index (χ4n) is 3.67. The number of oxazole rings is 1. The number of aromatic hydroxyl groups is 1. The van der Waals surface area contributed by atoms with Crippen LogP contribution < -0.4 is 0 Å². The summed E-state index contributed by atoms with van der Waals surface area (Å²) >= 11 is 9.86. The van der Waals surface area contributed by atoms with Gasteiger partial charge in [0.25, 0.3) is 0 Å². The Balaban J connectivity index is 1.40. The molecule has 168 valence electrons. The Bertz CT molecular complexity index is 1540. The number of aromatic nitrogens is 1. The number of hydrogen-bond acceptors (Lipinski definition) is 4. The number of phenols is 1. The van der Waals surface area contributed by atoms with Crippen LogP contribution in [0, 0.1) is 6.92 Å². The highest BCUT2D eigenvalue weighted by molar-refractivity contribution is 9.10. The van der Waals surface area contributed by atoms with Gasteiger partial charge in [-0.15, -0.1) is 0 Å². The lowest BCUT2D eigenvalue weighted by molar-refractivity contribution is 0.474. The summed E-state index contributed by atoms with van der Waals surface area (Å²) < 4.78 is 6.94. The quantitative estimate of drug-likeness (QED) is 0.232. The average molecular weight is 532 g/mol. The Morgan fingerprint density at radius 2 is 1.88 bits per heavy atom. The molecule has 4 nitrogen and oxygen atoms in total. The van der Waals surface area contributed by atoms with Crippen molar-refractivity contribution in [2.75, 3.05) is 0 Å². The van der Waals surface area contributed by atoms with E-state index in [-0.39, 0.29) is 5.75 Å². The molecule has 1 aromatic heterocycles. The van der Waals surface area contributed by atoms with Crippen molar-refractivity contribution in [3.8, 4) is 17.2 Å². The van der Waals surface area contributed by atoms with Gasteiger partial charge in [-0.2, -0.15) is 0 Å². The molecule has 0 aliphatic carbocycles. The maximum atomic E-state index is 10.3. The van der Waals surface area contributed by atoms with Crippen molar-refractivity contribution < 1.29 is 9.52 Å². The van der Waals surface area contributed by atoms with Gasteiger partial charge in [-0.05, 0) is 78.6 Å². The molecule has 0 spiro atoms. The van der Waals surface area contributed by atoms with Crippen LogP contribution in [0.25, 0.3) is 22.6 Å². The second-order valence-corrected chi connectivity index (χ2v) is 9.32. The molecule has 0 saturated carbocycles. The minimum absolute atomic E-state index is 0.168. The lowest BCUT2D eigenvalue weighted by atomic mass is 10.0. The van der Waals surface area contributed by atoms with Crippen LogP contribution in [0.5, 0.6) is 5.75 Å². The van der Waals surface area contributed by atoms with Gasteiger partial charge in [0.15, 0.2) is 5.58 Å². The standard InChI is InChI=1S/C28H20BrClN2O2/c1-17-6-8-20(14-23(17)29)28-32-25-15-22(9-11-27(25)34-28)31-16-21-13-18(7-10-26(21)33)12-19-4-2-3-5-24(19)30/h2-11,13-16,33H,12H2,1H3. The molecular formula is C28H20BrClN2O2. The third-order valence-electron chi connectivity index (χ3n) is 5.59. The molecule has 5 rings (SSSR count). The van der Waals surface area contributed by atoms with E-state index >= 15 is 0 Å². The van der Waals surface area contributed by atoms with Gasteiger partial charge in [-0.1, -0.05) is 57.9 Å². The lowest BCUT2D eigenvalue weighted by Gasteiger charge is -2.06. The van der Waals surface area contributed by atoms with E-state index in [1.54, 1.807) is 12.3 Å². The van der Waals surface area contributed by atoms with Gasteiger partial charge in [-0.25, -0.2) is 4.98 Å². The minimum Gasteiger partial charge on any atom is -0.507 e. The summed E-state index contributed by atoms with van der Waals surface area (Å²) in [7, 11) is 0. The fourth-order valence-corrected chi connectivity index (χ4v) is 4.25. The molecule has 0 bridgehead atoms. The van der Waals surface area contributed by atoms with Gasteiger partial charge in [0, 0.05) is 26.8 Å². The predicted octanol–water partition coefficient (Wildman–Crippen LogP) is 8.27. The Labute approximate surface area is 210 Å². The first-order chi connectivity index (χ1) is 16.5. The molecular weight excluding hydrogens is 512 g/mol. The Morgan fingerprint density at radius 1 is 1.03 bits per heavy atom. The molecule has 0 unspecified atom stereocenters. The number of hydrogen-bond donors (Lipinski definition) is 1. The number of benzene rings is 4. The topological polar surface area (TPSA) is 58.6 Å². The summed E-state index contributed by atoms with van der Waals surface area (Å²) in [6.07, 6.45) is 2.33. The first-order valence-corrected chi connectivity index (χ1v) is 11.9. The number of halogens is 2. The first-order valence-electron chi connectivity index (χ1n) is 10.7. The van der Waals surface area contributed by atoms with E-state index in [4.69, 9.17) is 16.0 Å². The number of aryl methyl sites for hydroxylation is 1. The fraction of sp³-hybridized carbons (Fsp3) is 0.0714. The zero-order valence-corrected chi connectivity index (χ0v) is 20.6. The summed E-state index contributed by atoms with van der Waals surface area (Å²) in [5.74, 6) is 0.725. The van der Waals surface area contributed by atoms with Gasteiger partial charge < -0.3 is 9.52 Å². The molecule has 0 aliphatic heterocycles. The van der Waals surface area contributed by atoms with Gasteiger partial charge in [-0.3, -0.25) is 4.99 Å². The van der Waals surface area contributed by atoms with E-state index in [9.17, 15) is 5.11 Å². The van der Waals surface area contributed by atoms with Gasteiger partial charge >= 0.3 is 0 Å². The van der Waals surface area contributed by atoms with Crippen LogP contribution in [0.4, 0.5) is 5.69 Å². The smallest absolute Gasteiger partial charge is 0.227 e. The van der Waals surface area contributed by atoms with E-state index in [1.807, 2.05) is 79.7 Å². The Hall–Kier alpha value is -3.41. The summed E-state index contributed by atoms with van der Waals surface area (Å²) in [6.45, 7) is 2.04. The molecule has 1 N–H and O–H groups in total. The first kappa shape index (κ1) is 22.4. The maximum absolute atomic E-state index is 10.3. The van der Waals surface area contributed by atoms with Crippen LogP contribution in [0.3, 0.4) is 0 Å². The number of nitrogens with zero attached hydrogens (tertiary/aromatic N) is 2. The van der Waals surface area contributed by atoms with Crippen molar-refractivity contribution in [3.63, 3.8) is 0 Å². The van der Waals surface area contributed by atoms with E-state index < -0.39 is 0 Å². The van der Waals surface area contributed by atoms with Gasteiger partial charge in [0.05, 0.1) is 5.69 Å². The van der Waals surface area contributed by atoms with Crippen LogP contribution in [-0.2, 0) is 6.42 Å². The second kappa shape index (κ2) is 9.45. The van der Waals surface area contributed by atoms with Crippen LogP contribution in [-0.4, -0.2) is 16.3 Å². The van der Waals surface area contributed by atoms with Crippen molar-refractivity contribution in [2.24, 2.45) is 4.99 Å². The van der Waals surface area contributed by atoms with E-state index in [0.717, 1.165) is 37.3 Å². The highest BCUT2D eigenvalue weighted by Crippen LogP contribution is 2.30. The molecule has 0 saturated heterocycles. The Morgan fingerprint density at radius 3 is 2.71 bits per heavy atom. The lowest BCUT2D eigenvalue weighted by Crippen LogP contribution is -1.92.